The fourth-order valence-corrected chi connectivity index (χ4v) is 2.44. The van der Waals surface area contributed by atoms with Crippen LogP contribution in [0.25, 0.3) is 0 Å². The minimum atomic E-state index is -0.0802. The lowest BCUT2D eigenvalue weighted by Crippen LogP contribution is -2.45. The third kappa shape index (κ3) is 5.38. The first-order valence-corrected chi connectivity index (χ1v) is 8.11. The van der Waals surface area contributed by atoms with Crippen LogP contribution in [0, 0.1) is 0 Å². The van der Waals surface area contributed by atoms with Crippen LogP contribution in [0.2, 0.25) is 0 Å². The molecule has 0 amide bonds. The maximum Gasteiger partial charge on any atom is 0.213 e. The lowest BCUT2D eigenvalue weighted by molar-refractivity contribution is 0.0936. The Balaban J connectivity index is 0.00000243. The van der Waals surface area contributed by atoms with Crippen molar-refractivity contribution in [2.75, 3.05) is 27.3 Å². The Morgan fingerprint density at radius 3 is 2.77 bits per heavy atom. The summed E-state index contributed by atoms with van der Waals surface area (Å²) in [4.78, 5) is 8.57. The van der Waals surface area contributed by atoms with Crippen molar-refractivity contribution in [3.05, 3.63) is 48.2 Å². The number of para-hydroxylation sites is 2. The summed E-state index contributed by atoms with van der Waals surface area (Å²) >= 11 is 0. The Labute approximate surface area is 170 Å². The number of rotatable bonds is 5. The third-order valence-corrected chi connectivity index (χ3v) is 3.72. The van der Waals surface area contributed by atoms with E-state index in [9.17, 15) is 0 Å². The largest absolute Gasteiger partial charge is 0.486 e. The van der Waals surface area contributed by atoms with Crippen molar-refractivity contribution in [3.8, 4) is 17.4 Å². The van der Waals surface area contributed by atoms with Gasteiger partial charge in [0.15, 0.2) is 17.5 Å². The van der Waals surface area contributed by atoms with Gasteiger partial charge in [0, 0.05) is 13.1 Å². The van der Waals surface area contributed by atoms with E-state index >= 15 is 0 Å². The van der Waals surface area contributed by atoms with Gasteiger partial charge in [0.2, 0.25) is 5.88 Å². The monoisotopic (exact) mass is 470 g/mol. The van der Waals surface area contributed by atoms with Crippen molar-refractivity contribution < 1.29 is 14.2 Å². The van der Waals surface area contributed by atoms with Crippen LogP contribution in [0.5, 0.6) is 17.4 Å². The second-order valence-electron chi connectivity index (χ2n) is 5.48. The van der Waals surface area contributed by atoms with E-state index in [-0.39, 0.29) is 30.1 Å². The molecule has 2 heterocycles. The van der Waals surface area contributed by atoms with Gasteiger partial charge in [-0.25, -0.2) is 4.98 Å². The maximum atomic E-state index is 5.92. The summed E-state index contributed by atoms with van der Waals surface area (Å²) in [6.45, 7) is 1.62. The van der Waals surface area contributed by atoms with E-state index in [1.54, 1.807) is 14.2 Å². The quantitative estimate of drug-likeness (QED) is 0.397. The van der Waals surface area contributed by atoms with E-state index in [1.165, 1.54) is 0 Å². The SMILES string of the molecule is CN=C(NCc1cccc(OC)n1)NCC1COc2ccccc2O1.I. The van der Waals surface area contributed by atoms with Gasteiger partial charge in [0.1, 0.15) is 12.7 Å². The fourth-order valence-electron chi connectivity index (χ4n) is 2.44. The first-order chi connectivity index (χ1) is 12.3. The van der Waals surface area contributed by atoms with Gasteiger partial charge < -0.3 is 24.8 Å². The summed E-state index contributed by atoms with van der Waals surface area (Å²) in [5, 5.41) is 6.46. The lowest BCUT2D eigenvalue weighted by atomic mass is 10.2. The average Bonchev–Trinajstić information content (AvgIpc) is 2.68. The van der Waals surface area contributed by atoms with Crippen molar-refractivity contribution in [1.82, 2.24) is 15.6 Å². The van der Waals surface area contributed by atoms with Gasteiger partial charge in [0.05, 0.1) is 25.9 Å². The lowest BCUT2D eigenvalue weighted by Gasteiger charge is -2.27. The van der Waals surface area contributed by atoms with E-state index in [4.69, 9.17) is 14.2 Å². The third-order valence-electron chi connectivity index (χ3n) is 3.72. The highest BCUT2D eigenvalue weighted by atomic mass is 127. The van der Waals surface area contributed by atoms with Gasteiger partial charge in [0.25, 0.3) is 0 Å². The van der Waals surface area contributed by atoms with Crippen LogP contribution < -0.4 is 24.8 Å². The number of aromatic nitrogens is 1. The van der Waals surface area contributed by atoms with Crippen LogP contribution in [-0.4, -0.2) is 44.4 Å². The van der Waals surface area contributed by atoms with Crippen molar-refractivity contribution in [1.29, 1.82) is 0 Å². The van der Waals surface area contributed by atoms with E-state index in [0.717, 1.165) is 17.2 Å². The Kier molecular flexibility index (Phi) is 7.76. The Morgan fingerprint density at radius 2 is 2.00 bits per heavy atom. The number of aliphatic imine (C=N–C) groups is 1. The van der Waals surface area contributed by atoms with Crippen LogP contribution >= 0.6 is 24.0 Å². The number of hydrogen-bond acceptors (Lipinski definition) is 5. The van der Waals surface area contributed by atoms with Crippen molar-refractivity contribution in [2.45, 2.75) is 12.6 Å². The molecule has 0 saturated heterocycles. The van der Waals surface area contributed by atoms with Crippen LogP contribution in [0.1, 0.15) is 5.69 Å². The smallest absolute Gasteiger partial charge is 0.213 e. The minimum absolute atomic E-state index is 0. The fraction of sp³-hybridized carbons (Fsp3) is 0.333. The number of pyridine rings is 1. The van der Waals surface area contributed by atoms with Crippen molar-refractivity contribution >= 4 is 29.9 Å². The van der Waals surface area contributed by atoms with Crippen molar-refractivity contribution in [2.24, 2.45) is 4.99 Å². The highest BCUT2D eigenvalue weighted by Gasteiger charge is 2.20. The molecule has 0 fully saturated rings. The number of ether oxygens (including phenoxy) is 3. The van der Waals surface area contributed by atoms with Gasteiger partial charge in [-0.3, -0.25) is 4.99 Å². The van der Waals surface area contributed by atoms with Crippen LogP contribution in [0.4, 0.5) is 0 Å². The van der Waals surface area contributed by atoms with Crippen LogP contribution in [0.15, 0.2) is 47.5 Å². The number of fused-ring (bicyclic) bond motifs is 1. The van der Waals surface area contributed by atoms with E-state index in [2.05, 4.69) is 20.6 Å². The highest BCUT2D eigenvalue weighted by Crippen LogP contribution is 2.30. The molecule has 3 rings (SSSR count). The molecule has 1 unspecified atom stereocenters. The zero-order chi connectivity index (χ0) is 17.5. The van der Waals surface area contributed by atoms with E-state index in [1.807, 2.05) is 42.5 Å². The van der Waals surface area contributed by atoms with Gasteiger partial charge in [-0.15, -0.1) is 24.0 Å². The van der Waals surface area contributed by atoms with E-state index in [0.29, 0.717) is 31.5 Å². The first-order valence-electron chi connectivity index (χ1n) is 8.11. The molecule has 0 bridgehead atoms. The number of halogens is 1. The number of benzene rings is 1. The van der Waals surface area contributed by atoms with E-state index < -0.39 is 0 Å². The number of nitrogens with zero attached hydrogens (tertiary/aromatic N) is 2. The molecule has 1 aliphatic rings. The number of nitrogens with one attached hydrogen (secondary N) is 2. The summed E-state index contributed by atoms with van der Waals surface area (Å²) in [6, 6.07) is 13.3. The maximum absolute atomic E-state index is 5.92. The second-order valence-corrected chi connectivity index (χ2v) is 5.48. The van der Waals surface area contributed by atoms with Gasteiger partial charge >= 0.3 is 0 Å². The van der Waals surface area contributed by atoms with Gasteiger partial charge in [-0.2, -0.15) is 0 Å². The Hall–Kier alpha value is -2.23. The summed E-state index contributed by atoms with van der Waals surface area (Å²) in [7, 11) is 3.33. The molecule has 1 aromatic carbocycles. The number of hydrogen-bond donors (Lipinski definition) is 2. The summed E-state index contributed by atoms with van der Waals surface area (Å²) in [5.41, 5.74) is 0.869. The molecular formula is C18H23IN4O3. The molecule has 0 aliphatic carbocycles. The minimum Gasteiger partial charge on any atom is -0.486 e. The molecule has 7 nitrogen and oxygen atoms in total. The summed E-state index contributed by atoms with van der Waals surface area (Å²) in [6.07, 6.45) is -0.0802. The summed E-state index contributed by atoms with van der Waals surface area (Å²) in [5.74, 6) is 2.81. The van der Waals surface area contributed by atoms with Crippen LogP contribution in [0.3, 0.4) is 0 Å². The molecule has 2 N–H and O–H groups in total. The number of methoxy groups -OCH3 is 1. The number of guanidine groups is 1. The van der Waals surface area contributed by atoms with Crippen LogP contribution in [-0.2, 0) is 6.54 Å². The van der Waals surface area contributed by atoms with Crippen molar-refractivity contribution in [3.63, 3.8) is 0 Å². The molecule has 140 valence electrons. The second kappa shape index (κ2) is 10.0. The molecule has 2 aromatic rings. The molecule has 0 radical (unpaired) electrons. The Morgan fingerprint density at radius 1 is 1.19 bits per heavy atom. The molecule has 0 saturated carbocycles. The predicted molar refractivity (Wildman–Crippen MR) is 111 cm³/mol. The topological polar surface area (TPSA) is 77.0 Å². The average molecular weight is 470 g/mol. The molecule has 0 spiro atoms. The zero-order valence-corrected chi connectivity index (χ0v) is 17.1. The molecule has 1 atom stereocenters. The molecule has 26 heavy (non-hydrogen) atoms. The molecule has 1 aliphatic heterocycles. The molecule has 8 heteroatoms. The highest BCUT2D eigenvalue weighted by molar-refractivity contribution is 14.0. The zero-order valence-electron chi connectivity index (χ0n) is 14.8. The first kappa shape index (κ1) is 20.1. The molecular weight excluding hydrogens is 447 g/mol. The normalized spacial score (nSPS) is 15.6. The van der Waals surface area contributed by atoms with Gasteiger partial charge in [-0.1, -0.05) is 18.2 Å². The Bertz CT molecular complexity index is 742. The standard InChI is InChI=1S/C18H22N4O3.HI/c1-19-18(20-10-13-6-5-9-17(22-13)23-2)21-11-14-12-24-15-7-3-4-8-16(15)25-14;/h3-9,14H,10-12H2,1-2H3,(H2,19,20,21);1H. The van der Waals surface area contributed by atoms with Gasteiger partial charge in [-0.05, 0) is 18.2 Å². The summed E-state index contributed by atoms with van der Waals surface area (Å²) < 4.78 is 16.8. The predicted octanol–water partition coefficient (Wildman–Crippen LogP) is 2.21. The molecule has 1 aromatic heterocycles.